The third-order valence-electron chi connectivity index (χ3n) is 3.84. The predicted molar refractivity (Wildman–Crippen MR) is 68.6 cm³/mol. The van der Waals surface area contributed by atoms with Crippen LogP contribution in [0.25, 0.3) is 0 Å². The summed E-state index contributed by atoms with van der Waals surface area (Å²) < 4.78 is 0. The van der Waals surface area contributed by atoms with Crippen LogP contribution < -0.4 is 0 Å². The van der Waals surface area contributed by atoms with E-state index in [1.54, 1.807) is 6.92 Å². The number of carbonyl (C=O) groups excluding carboxylic acids is 1. The third-order valence-corrected chi connectivity index (χ3v) is 3.84. The lowest BCUT2D eigenvalue weighted by Gasteiger charge is -2.33. The minimum Gasteiger partial charge on any atom is -0.298 e. The van der Waals surface area contributed by atoms with E-state index in [1.165, 1.54) is 32.1 Å². The van der Waals surface area contributed by atoms with E-state index in [0.717, 1.165) is 12.5 Å². The summed E-state index contributed by atoms with van der Waals surface area (Å²) in [5, 5.41) is 0. The van der Waals surface area contributed by atoms with Crippen molar-refractivity contribution >= 4 is 5.78 Å². The van der Waals surface area contributed by atoms with E-state index >= 15 is 0 Å². The van der Waals surface area contributed by atoms with E-state index in [4.69, 9.17) is 0 Å². The minimum atomic E-state index is 0.113. The molecule has 0 heterocycles. The quantitative estimate of drug-likeness (QED) is 0.691. The van der Waals surface area contributed by atoms with E-state index in [0.29, 0.717) is 11.8 Å². The maximum atomic E-state index is 11.5. The summed E-state index contributed by atoms with van der Waals surface area (Å²) >= 11 is 0. The molecule has 94 valence electrons. The average molecular weight is 225 g/mol. The van der Waals surface area contributed by atoms with Gasteiger partial charge in [-0.1, -0.05) is 26.7 Å². The summed E-state index contributed by atoms with van der Waals surface area (Å²) in [5.41, 5.74) is 0. The second-order valence-electron chi connectivity index (χ2n) is 5.65. The first-order valence-corrected chi connectivity index (χ1v) is 6.78. The fourth-order valence-electron chi connectivity index (χ4n) is 2.57. The van der Waals surface area contributed by atoms with Crippen molar-refractivity contribution in [2.75, 3.05) is 6.54 Å². The molecule has 0 N–H and O–H groups in total. The van der Waals surface area contributed by atoms with Gasteiger partial charge >= 0.3 is 0 Å². The highest BCUT2D eigenvalue weighted by Crippen LogP contribution is 2.26. The van der Waals surface area contributed by atoms with Gasteiger partial charge in [0.25, 0.3) is 0 Å². The SMILES string of the molecule is CC(=O)C(C)N(CCC(C)C)C1CCCC1. The third kappa shape index (κ3) is 3.89. The Balaban J connectivity index is 2.56. The molecule has 1 unspecified atom stereocenters. The van der Waals surface area contributed by atoms with E-state index in [2.05, 4.69) is 25.7 Å². The van der Waals surface area contributed by atoms with Gasteiger partial charge in [0.1, 0.15) is 5.78 Å². The molecule has 1 fully saturated rings. The molecule has 1 saturated carbocycles. The van der Waals surface area contributed by atoms with Crippen LogP contribution in [0.2, 0.25) is 0 Å². The van der Waals surface area contributed by atoms with Crippen LogP contribution in [-0.4, -0.2) is 29.3 Å². The fourth-order valence-corrected chi connectivity index (χ4v) is 2.57. The van der Waals surface area contributed by atoms with Gasteiger partial charge in [0.05, 0.1) is 6.04 Å². The van der Waals surface area contributed by atoms with Crippen molar-refractivity contribution < 1.29 is 4.79 Å². The molecule has 0 spiro atoms. The van der Waals surface area contributed by atoms with Crippen molar-refractivity contribution in [2.24, 2.45) is 5.92 Å². The van der Waals surface area contributed by atoms with Gasteiger partial charge in [-0.25, -0.2) is 0 Å². The van der Waals surface area contributed by atoms with Crippen molar-refractivity contribution in [1.29, 1.82) is 0 Å². The highest BCUT2D eigenvalue weighted by atomic mass is 16.1. The average Bonchev–Trinajstić information content (AvgIpc) is 2.70. The Kier molecular flexibility index (Phi) is 5.47. The molecular weight excluding hydrogens is 198 g/mol. The summed E-state index contributed by atoms with van der Waals surface area (Å²) in [6.45, 7) is 9.39. The molecule has 1 atom stereocenters. The first kappa shape index (κ1) is 13.7. The zero-order chi connectivity index (χ0) is 12.1. The first-order chi connectivity index (χ1) is 7.52. The second-order valence-corrected chi connectivity index (χ2v) is 5.65. The highest BCUT2D eigenvalue weighted by molar-refractivity contribution is 5.81. The Morgan fingerprint density at radius 2 is 1.81 bits per heavy atom. The number of rotatable bonds is 6. The molecular formula is C14H27NO. The van der Waals surface area contributed by atoms with Crippen LogP contribution >= 0.6 is 0 Å². The van der Waals surface area contributed by atoms with Crippen molar-refractivity contribution in [3.8, 4) is 0 Å². The lowest BCUT2D eigenvalue weighted by Crippen LogP contribution is -2.44. The van der Waals surface area contributed by atoms with Gasteiger partial charge in [0.2, 0.25) is 0 Å². The Morgan fingerprint density at radius 3 is 2.25 bits per heavy atom. The standard InChI is InChI=1S/C14H27NO/c1-11(2)9-10-15(12(3)13(4)16)14-7-5-6-8-14/h11-12,14H,5-10H2,1-4H3. The van der Waals surface area contributed by atoms with Crippen molar-refractivity contribution in [2.45, 2.75) is 71.9 Å². The molecule has 1 aliphatic rings. The molecule has 2 nitrogen and oxygen atoms in total. The van der Waals surface area contributed by atoms with Gasteiger partial charge in [0.15, 0.2) is 0 Å². The zero-order valence-electron chi connectivity index (χ0n) is 11.3. The molecule has 0 radical (unpaired) electrons. The van der Waals surface area contributed by atoms with Crippen LogP contribution in [-0.2, 0) is 4.79 Å². The molecule has 1 rings (SSSR count). The van der Waals surface area contributed by atoms with Gasteiger partial charge in [-0.15, -0.1) is 0 Å². The fraction of sp³-hybridized carbons (Fsp3) is 0.929. The molecule has 0 aromatic rings. The van der Waals surface area contributed by atoms with Crippen molar-refractivity contribution in [3.05, 3.63) is 0 Å². The number of Topliss-reactive ketones (excluding diaryl/α,β-unsaturated/α-hetero) is 1. The summed E-state index contributed by atoms with van der Waals surface area (Å²) in [6.07, 6.45) is 6.46. The Hall–Kier alpha value is -0.370. The van der Waals surface area contributed by atoms with Crippen molar-refractivity contribution in [1.82, 2.24) is 4.90 Å². The number of hydrogen-bond acceptors (Lipinski definition) is 2. The van der Waals surface area contributed by atoms with Crippen LogP contribution in [0.15, 0.2) is 0 Å². The number of hydrogen-bond donors (Lipinski definition) is 0. The summed E-state index contributed by atoms with van der Waals surface area (Å²) in [7, 11) is 0. The number of ketones is 1. The highest BCUT2D eigenvalue weighted by Gasteiger charge is 2.28. The zero-order valence-corrected chi connectivity index (χ0v) is 11.3. The molecule has 0 amide bonds. The lowest BCUT2D eigenvalue weighted by atomic mass is 10.1. The molecule has 16 heavy (non-hydrogen) atoms. The molecule has 0 aromatic carbocycles. The van der Waals surface area contributed by atoms with Gasteiger partial charge in [0, 0.05) is 6.04 Å². The number of carbonyl (C=O) groups is 1. The molecule has 0 saturated heterocycles. The maximum Gasteiger partial charge on any atom is 0.146 e. The van der Waals surface area contributed by atoms with Crippen LogP contribution in [0.4, 0.5) is 0 Å². The first-order valence-electron chi connectivity index (χ1n) is 6.78. The normalized spacial score (nSPS) is 19.6. The van der Waals surface area contributed by atoms with E-state index in [1.807, 2.05) is 0 Å². The maximum absolute atomic E-state index is 11.5. The second kappa shape index (κ2) is 6.39. The van der Waals surface area contributed by atoms with Crippen LogP contribution in [0.3, 0.4) is 0 Å². The van der Waals surface area contributed by atoms with Gasteiger partial charge in [-0.05, 0) is 45.6 Å². The van der Waals surface area contributed by atoms with E-state index < -0.39 is 0 Å². The minimum absolute atomic E-state index is 0.113. The molecule has 1 aliphatic carbocycles. The van der Waals surface area contributed by atoms with Crippen LogP contribution in [0.5, 0.6) is 0 Å². The monoisotopic (exact) mass is 225 g/mol. The van der Waals surface area contributed by atoms with E-state index in [-0.39, 0.29) is 6.04 Å². The van der Waals surface area contributed by atoms with Gasteiger partial charge in [-0.2, -0.15) is 0 Å². The van der Waals surface area contributed by atoms with Gasteiger partial charge < -0.3 is 0 Å². The Labute approximate surface area is 100 Å². The van der Waals surface area contributed by atoms with Crippen molar-refractivity contribution in [3.63, 3.8) is 0 Å². The molecule has 0 aliphatic heterocycles. The summed E-state index contributed by atoms with van der Waals surface area (Å²) in [4.78, 5) is 14.0. The lowest BCUT2D eigenvalue weighted by molar-refractivity contribution is -0.122. The predicted octanol–water partition coefficient (Wildman–Crippen LogP) is 3.25. The Bertz CT molecular complexity index is 219. The number of nitrogens with zero attached hydrogens (tertiary/aromatic N) is 1. The molecule has 0 aromatic heterocycles. The summed E-state index contributed by atoms with van der Waals surface area (Å²) in [6, 6.07) is 0.777. The smallest absolute Gasteiger partial charge is 0.146 e. The van der Waals surface area contributed by atoms with Gasteiger partial charge in [-0.3, -0.25) is 9.69 Å². The Morgan fingerprint density at radius 1 is 1.25 bits per heavy atom. The summed E-state index contributed by atoms with van der Waals surface area (Å²) in [5.74, 6) is 1.04. The van der Waals surface area contributed by atoms with E-state index in [9.17, 15) is 4.79 Å². The van der Waals surface area contributed by atoms with Crippen LogP contribution in [0.1, 0.15) is 59.8 Å². The molecule has 0 bridgehead atoms. The van der Waals surface area contributed by atoms with Crippen LogP contribution in [0, 0.1) is 5.92 Å². The topological polar surface area (TPSA) is 20.3 Å². The molecule has 2 heteroatoms. The largest absolute Gasteiger partial charge is 0.298 e.